The van der Waals surface area contributed by atoms with E-state index in [1.807, 2.05) is 6.07 Å². The van der Waals surface area contributed by atoms with Crippen LogP contribution in [-0.2, 0) is 6.54 Å². The second kappa shape index (κ2) is 7.66. The van der Waals surface area contributed by atoms with Gasteiger partial charge in [-0.05, 0) is 43.0 Å². The van der Waals surface area contributed by atoms with Gasteiger partial charge in [-0.1, -0.05) is 0 Å². The van der Waals surface area contributed by atoms with Gasteiger partial charge in [0.1, 0.15) is 18.0 Å². The zero-order valence-electron chi connectivity index (χ0n) is 16.2. The lowest BCUT2D eigenvalue weighted by Crippen LogP contribution is -2.37. The third-order valence-electron chi connectivity index (χ3n) is 5.51. The predicted octanol–water partition coefficient (Wildman–Crippen LogP) is 2.43. The highest BCUT2D eigenvalue weighted by Gasteiger charge is 2.23. The van der Waals surface area contributed by atoms with Crippen molar-refractivity contribution in [3.63, 3.8) is 0 Å². The Balaban J connectivity index is 1.30. The highest BCUT2D eigenvalue weighted by Crippen LogP contribution is 2.28. The molecule has 4 heterocycles. The van der Waals surface area contributed by atoms with Gasteiger partial charge >= 0.3 is 0 Å². The molecule has 152 valence electrons. The second-order valence-corrected chi connectivity index (χ2v) is 7.45. The SMILES string of the molecule is O=c1ccc(-n2cccn2)nn1CC1CCN(c2ncnc3cc(F)ccc23)CC1. The zero-order valence-corrected chi connectivity index (χ0v) is 16.2. The normalized spacial score (nSPS) is 15.0. The number of piperidine rings is 1. The molecule has 30 heavy (non-hydrogen) atoms. The standard InChI is InChI=1S/C21H20FN7O/c22-16-2-3-17-18(12-16)23-14-24-21(17)27-10-6-15(7-11-27)13-29-20(30)5-4-19(26-29)28-9-1-8-25-28/h1-5,8-9,12,14-15H,6-7,10-11,13H2. The maximum Gasteiger partial charge on any atom is 0.266 e. The maximum atomic E-state index is 13.5. The van der Waals surface area contributed by atoms with Gasteiger partial charge in [0.05, 0.1) is 5.52 Å². The fourth-order valence-electron chi connectivity index (χ4n) is 3.94. The monoisotopic (exact) mass is 405 g/mol. The molecular formula is C21H20FN7O. The first-order valence-electron chi connectivity index (χ1n) is 9.91. The molecule has 8 nitrogen and oxygen atoms in total. The number of anilines is 1. The molecule has 0 atom stereocenters. The van der Waals surface area contributed by atoms with Crippen LogP contribution in [0.1, 0.15) is 12.8 Å². The number of nitrogens with zero attached hydrogens (tertiary/aromatic N) is 7. The summed E-state index contributed by atoms with van der Waals surface area (Å²) in [7, 11) is 0. The summed E-state index contributed by atoms with van der Waals surface area (Å²) >= 11 is 0. The molecule has 1 aliphatic rings. The summed E-state index contributed by atoms with van der Waals surface area (Å²) in [6.45, 7) is 2.18. The summed E-state index contributed by atoms with van der Waals surface area (Å²) in [5.74, 6) is 1.48. The Morgan fingerprint density at radius 1 is 1.10 bits per heavy atom. The van der Waals surface area contributed by atoms with Crippen molar-refractivity contribution in [1.82, 2.24) is 29.5 Å². The summed E-state index contributed by atoms with van der Waals surface area (Å²) in [6.07, 6.45) is 6.78. The second-order valence-electron chi connectivity index (χ2n) is 7.45. The number of fused-ring (bicyclic) bond motifs is 1. The topological polar surface area (TPSA) is 81.7 Å². The molecule has 1 aliphatic heterocycles. The lowest BCUT2D eigenvalue weighted by molar-refractivity contribution is 0.334. The van der Waals surface area contributed by atoms with Crippen molar-refractivity contribution in [2.24, 2.45) is 5.92 Å². The quantitative estimate of drug-likeness (QED) is 0.519. The van der Waals surface area contributed by atoms with E-state index in [0.717, 1.165) is 37.1 Å². The molecule has 4 aromatic rings. The summed E-state index contributed by atoms with van der Waals surface area (Å²) in [4.78, 5) is 23.1. The van der Waals surface area contributed by atoms with Gasteiger partial charge < -0.3 is 4.90 Å². The molecule has 0 spiro atoms. The van der Waals surface area contributed by atoms with Crippen LogP contribution in [0.5, 0.6) is 0 Å². The van der Waals surface area contributed by atoms with Gasteiger partial charge in [0.25, 0.3) is 5.56 Å². The minimum absolute atomic E-state index is 0.114. The fraction of sp³-hybridized carbons (Fsp3) is 0.286. The Bertz CT molecular complexity index is 1230. The minimum Gasteiger partial charge on any atom is -0.356 e. The van der Waals surface area contributed by atoms with Crippen molar-refractivity contribution in [2.75, 3.05) is 18.0 Å². The Hall–Kier alpha value is -3.62. The lowest BCUT2D eigenvalue weighted by Gasteiger charge is -2.33. The van der Waals surface area contributed by atoms with E-state index >= 15 is 0 Å². The number of halogens is 1. The highest BCUT2D eigenvalue weighted by molar-refractivity contribution is 5.89. The van der Waals surface area contributed by atoms with Crippen LogP contribution in [-0.4, -0.2) is 42.6 Å². The number of benzene rings is 1. The lowest BCUT2D eigenvalue weighted by atomic mass is 9.96. The average molecular weight is 405 g/mol. The number of hydrogen-bond donors (Lipinski definition) is 0. The Morgan fingerprint density at radius 2 is 1.97 bits per heavy atom. The first-order valence-corrected chi connectivity index (χ1v) is 9.91. The first kappa shape index (κ1) is 18.4. The van der Waals surface area contributed by atoms with Gasteiger partial charge in [-0.15, -0.1) is 5.10 Å². The van der Waals surface area contributed by atoms with Crippen molar-refractivity contribution in [2.45, 2.75) is 19.4 Å². The molecule has 0 bridgehead atoms. The van der Waals surface area contributed by atoms with Gasteiger partial charge in [-0.3, -0.25) is 4.79 Å². The third-order valence-corrected chi connectivity index (χ3v) is 5.51. The predicted molar refractivity (Wildman–Crippen MR) is 110 cm³/mol. The first-order chi connectivity index (χ1) is 14.7. The van der Waals surface area contributed by atoms with Crippen molar-refractivity contribution < 1.29 is 4.39 Å². The molecule has 9 heteroatoms. The molecule has 0 amide bonds. The van der Waals surface area contributed by atoms with Crippen LogP contribution < -0.4 is 10.5 Å². The van der Waals surface area contributed by atoms with E-state index in [2.05, 4.69) is 25.1 Å². The maximum absolute atomic E-state index is 13.5. The summed E-state index contributed by atoms with van der Waals surface area (Å²) in [5.41, 5.74) is 0.491. The molecular weight excluding hydrogens is 385 g/mol. The van der Waals surface area contributed by atoms with Gasteiger partial charge in [0.15, 0.2) is 5.82 Å². The summed E-state index contributed by atoms with van der Waals surface area (Å²) < 4.78 is 16.7. The molecule has 1 aromatic carbocycles. The molecule has 0 aliphatic carbocycles. The third kappa shape index (κ3) is 3.54. The number of aromatic nitrogens is 6. The molecule has 0 saturated carbocycles. The highest BCUT2D eigenvalue weighted by atomic mass is 19.1. The van der Waals surface area contributed by atoms with Crippen molar-refractivity contribution in [3.8, 4) is 5.82 Å². The smallest absolute Gasteiger partial charge is 0.266 e. The van der Waals surface area contributed by atoms with Gasteiger partial charge in [-0.2, -0.15) is 5.10 Å². The van der Waals surface area contributed by atoms with Crippen LogP contribution in [0, 0.1) is 11.7 Å². The number of hydrogen-bond acceptors (Lipinski definition) is 6. The Morgan fingerprint density at radius 3 is 2.77 bits per heavy atom. The van der Waals surface area contributed by atoms with Crippen LogP contribution in [0.3, 0.4) is 0 Å². The molecule has 0 radical (unpaired) electrons. The molecule has 1 saturated heterocycles. The van der Waals surface area contributed by atoms with E-state index in [9.17, 15) is 9.18 Å². The van der Waals surface area contributed by atoms with Crippen molar-refractivity contribution in [1.29, 1.82) is 0 Å². The van der Waals surface area contributed by atoms with Crippen molar-refractivity contribution >= 4 is 16.7 Å². The molecule has 1 fully saturated rings. The molecule has 0 unspecified atom stereocenters. The van der Waals surface area contributed by atoms with Crippen LogP contribution in [0.15, 0.2) is 59.9 Å². The molecule has 3 aromatic heterocycles. The Kier molecular flexibility index (Phi) is 4.70. The van der Waals surface area contributed by atoms with Crippen LogP contribution >= 0.6 is 0 Å². The van der Waals surface area contributed by atoms with E-state index in [1.54, 1.807) is 29.2 Å². The van der Waals surface area contributed by atoms with Crippen LogP contribution in [0.2, 0.25) is 0 Å². The minimum atomic E-state index is -0.304. The zero-order chi connectivity index (χ0) is 20.5. The van der Waals surface area contributed by atoms with Crippen molar-refractivity contribution in [3.05, 3.63) is 71.3 Å². The van der Waals surface area contributed by atoms with E-state index in [1.165, 1.54) is 29.2 Å². The fourth-order valence-corrected chi connectivity index (χ4v) is 3.94. The Labute approximate surface area is 171 Å². The summed E-state index contributed by atoms with van der Waals surface area (Å²) in [6, 6.07) is 9.63. The van der Waals surface area contributed by atoms with E-state index in [-0.39, 0.29) is 11.4 Å². The molecule has 5 rings (SSSR count). The molecule has 0 N–H and O–H groups in total. The summed E-state index contributed by atoms with van der Waals surface area (Å²) in [5, 5.41) is 9.49. The number of rotatable bonds is 4. The van der Waals surface area contributed by atoms with Gasteiger partial charge in [0, 0.05) is 49.5 Å². The van der Waals surface area contributed by atoms with E-state index in [0.29, 0.717) is 23.8 Å². The van der Waals surface area contributed by atoms with E-state index in [4.69, 9.17) is 0 Å². The van der Waals surface area contributed by atoms with E-state index < -0.39 is 0 Å². The average Bonchev–Trinajstić information content (AvgIpc) is 3.30. The van der Waals surface area contributed by atoms with Gasteiger partial charge in [0.2, 0.25) is 0 Å². The largest absolute Gasteiger partial charge is 0.356 e. The van der Waals surface area contributed by atoms with Crippen LogP contribution in [0.25, 0.3) is 16.7 Å². The van der Waals surface area contributed by atoms with Gasteiger partial charge in [-0.25, -0.2) is 23.7 Å². The van der Waals surface area contributed by atoms with Crippen LogP contribution in [0.4, 0.5) is 10.2 Å².